The van der Waals surface area contributed by atoms with E-state index in [2.05, 4.69) is 15.4 Å². The predicted octanol–water partition coefficient (Wildman–Crippen LogP) is 0.0740. The van der Waals surface area contributed by atoms with Gasteiger partial charge >= 0.3 is 5.97 Å². The molecule has 1 fully saturated rings. The van der Waals surface area contributed by atoms with E-state index < -0.39 is 5.97 Å². The Morgan fingerprint density at radius 1 is 1.40 bits per heavy atom. The molecule has 20 heavy (non-hydrogen) atoms. The van der Waals surface area contributed by atoms with E-state index in [1.807, 2.05) is 12.1 Å². The number of carbonyl (C=O) groups excluding carboxylic acids is 2. The summed E-state index contributed by atoms with van der Waals surface area (Å²) < 4.78 is 9.79. The van der Waals surface area contributed by atoms with Gasteiger partial charge in [0.15, 0.2) is 6.61 Å². The molecule has 6 heteroatoms. The van der Waals surface area contributed by atoms with E-state index in [9.17, 15) is 9.59 Å². The minimum Gasteiger partial charge on any atom is -0.482 e. The Kier molecular flexibility index (Phi) is 4.95. The van der Waals surface area contributed by atoms with Gasteiger partial charge in [-0.3, -0.25) is 4.79 Å². The van der Waals surface area contributed by atoms with Crippen LogP contribution in [-0.2, 0) is 20.9 Å². The molecule has 1 amide bonds. The molecule has 108 valence electrons. The maximum absolute atomic E-state index is 11.7. The van der Waals surface area contributed by atoms with Crippen LogP contribution in [0, 0.1) is 5.92 Å². The van der Waals surface area contributed by atoms with Crippen LogP contribution in [0.5, 0.6) is 5.75 Å². The lowest BCUT2D eigenvalue weighted by Crippen LogP contribution is -2.50. The number of esters is 1. The number of amides is 1. The monoisotopic (exact) mass is 278 g/mol. The first-order valence-corrected chi connectivity index (χ1v) is 6.46. The quantitative estimate of drug-likeness (QED) is 0.720. The summed E-state index contributed by atoms with van der Waals surface area (Å²) in [5, 5.41) is 5.94. The van der Waals surface area contributed by atoms with Crippen LogP contribution in [0.3, 0.4) is 0 Å². The Labute approximate surface area is 117 Å². The molecule has 1 aromatic carbocycles. The zero-order valence-corrected chi connectivity index (χ0v) is 11.3. The molecular weight excluding hydrogens is 260 g/mol. The van der Waals surface area contributed by atoms with E-state index in [1.54, 1.807) is 12.1 Å². The van der Waals surface area contributed by atoms with Crippen molar-refractivity contribution in [3.05, 3.63) is 29.8 Å². The van der Waals surface area contributed by atoms with Crippen LogP contribution < -0.4 is 15.4 Å². The molecule has 1 aliphatic rings. The SMILES string of the molecule is COC(=O)COc1cccc(CNC(=O)C2CNC2)c1. The van der Waals surface area contributed by atoms with Gasteiger partial charge in [0.2, 0.25) is 5.91 Å². The van der Waals surface area contributed by atoms with Crippen molar-refractivity contribution >= 4 is 11.9 Å². The third-order valence-electron chi connectivity index (χ3n) is 3.10. The Morgan fingerprint density at radius 2 is 2.20 bits per heavy atom. The number of hydrogen-bond donors (Lipinski definition) is 2. The van der Waals surface area contributed by atoms with E-state index in [0.29, 0.717) is 12.3 Å². The average Bonchev–Trinajstić information content (AvgIpc) is 2.41. The van der Waals surface area contributed by atoms with Crippen LogP contribution in [0.2, 0.25) is 0 Å². The fourth-order valence-corrected chi connectivity index (χ4v) is 1.75. The fraction of sp³-hybridized carbons (Fsp3) is 0.429. The highest BCUT2D eigenvalue weighted by Crippen LogP contribution is 2.13. The zero-order valence-electron chi connectivity index (χ0n) is 11.3. The van der Waals surface area contributed by atoms with Crippen LogP contribution in [0.4, 0.5) is 0 Å². The van der Waals surface area contributed by atoms with Gasteiger partial charge in [-0.05, 0) is 17.7 Å². The standard InChI is InChI=1S/C14H18N2O4/c1-19-13(17)9-20-12-4-2-3-10(5-12)6-16-14(18)11-7-15-8-11/h2-5,11,15H,6-9H2,1H3,(H,16,18). The molecule has 0 unspecified atom stereocenters. The molecule has 6 nitrogen and oxygen atoms in total. The molecule has 0 aliphatic carbocycles. The van der Waals surface area contributed by atoms with Crippen molar-refractivity contribution in [3.8, 4) is 5.75 Å². The lowest BCUT2D eigenvalue weighted by Gasteiger charge is -2.25. The first-order chi connectivity index (χ1) is 9.69. The molecule has 0 radical (unpaired) electrons. The van der Waals surface area contributed by atoms with E-state index in [4.69, 9.17) is 4.74 Å². The van der Waals surface area contributed by atoms with Crippen LogP contribution in [0.25, 0.3) is 0 Å². The van der Waals surface area contributed by atoms with Crippen molar-refractivity contribution in [1.82, 2.24) is 10.6 Å². The Morgan fingerprint density at radius 3 is 2.85 bits per heavy atom. The molecule has 0 spiro atoms. The summed E-state index contributed by atoms with van der Waals surface area (Å²) in [6, 6.07) is 7.26. The molecule has 2 rings (SSSR count). The van der Waals surface area contributed by atoms with Crippen LogP contribution in [0.15, 0.2) is 24.3 Å². The zero-order chi connectivity index (χ0) is 14.4. The summed E-state index contributed by atoms with van der Waals surface area (Å²) >= 11 is 0. The Bertz CT molecular complexity index is 486. The first-order valence-electron chi connectivity index (χ1n) is 6.46. The van der Waals surface area contributed by atoms with Crippen molar-refractivity contribution in [1.29, 1.82) is 0 Å². The van der Waals surface area contributed by atoms with Crippen molar-refractivity contribution in [2.45, 2.75) is 6.54 Å². The lowest BCUT2D eigenvalue weighted by molar-refractivity contribution is -0.142. The van der Waals surface area contributed by atoms with Crippen molar-refractivity contribution in [2.75, 3.05) is 26.8 Å². The molecule has 1 saturated heterocycles. The number of ether oxygens (including phenoxy) is 2. The normalized spacial score (nSPS) is 14.2. The number of benzene rings is 1. The average molecular weight is 278 g/mol. The maximum atomic E-state index is 11.7. The number of carbonyl (C=O) groups is 2. The van der Waals surface area contributed by atoms with Gasteiger partial charge in [-0.1, -0.05) is 12.1 Å². The van der Waals surface area contributed by atoms with Gasteiger partial charge in [0, 0.05) is 19.6 Å². The third-order valence-corrected chi connectivity index (χ3v) is 3.10. The van der Waals surface area contributed by atoms with Crippen molar-refractivity contribution in [3.63, 3.8) is 0 Å². The first kappa shape index (κ1) is 14.3. The number of methoxy groups -OCH3 is 1. The van der Waals surface area contributed by atoms with Gasteiger partial charge < -0.3 is 20.1 Å². The van der Waals surface area contributed by atoms with Crippen LogP contribution in [0.1, 0.15) is 5.56 Å². The number of nitrogens with one attached hydrogen (secondary N) is 2. The summed E-state index contributed by atoms with van der Waals surface area (Å²) in [6.45, 7) is 1.81. The summed E-state index contributed by atoms with van der Waals surface area (Å²) in [6.07, 6.45) is 0. The highest BCUT2D eigenvalue weighted by molar-refractivity contribution is 5.80. The number of rotatable bonds is 6. The second kappa shape index (κ2) is 6.91. The molecule has 1 aliphatic heterocycles. The summed E-state index contributed by atoms with van der Waals surface area (Å²) in [7, 11) is 1.31. The van der Waals surface area contributed by atoms with E-state index in [0.717, 1.165) is 18.7 Å². The van der Waals surface area contributed by atoms with Crippen molar-refractivity contribution < 1.29 is 19.1 Å². The molecule has 0 saturated carbocycles. The second-order valence-electron chi connectivity index (χ2n) is 4.59. The minimum absolute atomic E-state index is 0.0598. The molecule has 2 N–H and O–H groups in total. The van der Waals surface area contributed by atoms with Gasteiger partial charge in [-0.15, -0.1) is 0 Å². The van der Waals surface area contributed by atoms with E-state index >= 15 is 0 Å². The highest BCUT2D eigenvalue weighted by Gasteiger charge is 2.24. The fourth-order valence-electron chi connectivity index (χ4n) is 1.75. The van der Waals surface area contributed by atoms with E-state index in [1.165, 1.54) is 7.11 Å². The largest absolute Gasteiger partial charge is 0.482 e. The molecule has 0 bridgehead atoms. The van der Waals surface area contributed by atoms with Crippen molar-refractivity contribution in [2.24, 2.45) is 5.92 Å². The summed E-state index contributed by atoms with van der Waals surface area (Å²) in [4.78, 5) is 22.7. The Balaban J connectivity index is 1.82. The molecule has 0 aromatic heterocycles. The smallest absolute Gasteiger partial charge is 0.343 e. The highest BCUT2D eigenvalue weighted by atomic mass is 16.6. The molecule has 0 atom stereocenters. The van der Waals surface area contributed by atoms with Crippen LogP contribution in [-0.4, -0.2) is 38.7 Å². The minimum atomic E-state index is -0.429. The lowest BCUT2D eigenvalue weighted by atomic mass is 10.0. The van der Waals surface area contributed by atoms with Gasteiger partial charge in [-0.25, -0.2) is 4.79 Å². The van der Waals surface area contributed by atoms with Gasteiger partial charge in [-0.2, -0.15) is 0 Å². The van der Waals surface area contributed by atoms with Gasteiger partial charge in [0.1, 0.15) is 5.75 Å². The van der Waals surface area contributed by atoms with Gasteiger partial charge in [0.05, 0.1) is 13.0 Å². The second-order valence-corrected chi connectivity index (χ2v) is 4.59. The molecule has 1 aromatic rings. The summed E-state index contributed by atoms with van der Waals surface area (Å²) in [5.74, 6) is 0.284. The number of hydrogen-bond acceptors (Lipinski definition) is 5. The van der Waals surface area contributed by atoms with Gasteiger partial charge in [0.25, 0.3) is 0 Å². The molecular formula is C14H18N2O4. The maximum Gasteiger partial charge on any atom is 0.343 e. The predicted molar refractivity (Wildman–Crippen MR) is 72.2 cm³/mol. The van der Waals surface area contributed by atoms with E-state index in [-0.39, 0.29) is 18.4 Å². The van der Waals surface area contributed by atoms with Crippen LogP contribution >= 0.6 is 0 Å². The third kappa shape index (κ3) is 3.96. The Hall–Kier alpha value is -2.08. The summed E-state index contributed by atoms with van der Waals surface area (Å²) in [5.41, 5.74) is 0.924. The topological polar surface area (TPSA) is 76.7 Å². The molecule has 1 heterocycles.